The van der Waals surface area contributed by atoms with Gasteiger partial charge in [-0.05, 0) is 12.1 Å². The molecule has 1 saturated heterocycles. The normalized spacial score (nSPS) is 19.5. The summed E-state index contributed by atoms with van der Waals surface area (Å²) in [5.41, 5.74) is 1.69. The Balaban J connectivity index is 1.95. The highest BCUT2D eigenvalue weighted by molar-refractivity contribution is 5.77. The van der Waals surface area contributed by atoms with Crippen molar-refractivity contribution in [2.75, 3.05) is 18.0 Å². The molecule has 2 heterocycles. The van der Waals surface area contributed by atoms with Crippen LogP contribution in [0.3, 0.4) is 0 Å². The molecule has 0 saturated carbocycles. The van der Waals surface area contributed by atoms with Crippen LogP contribution in [-0.2, 0) is 0 Å². The molecule has 5 heteroatoms. The van der Waals surface area contributed by atoms with Gasteiger partial charge in [0.1, 0.15) is 0 Å². The van der Waals surface area contributed by atoms with E-state index in [2.05, 4.69) is 9.97 Å². The zero-order valence-electron chi connectivity index (χ0n) is 8.58. The quantitative estimate of drug-likeness (QED) is 0.805. The van der Waals surface area contributed by atoms with Gasteiger partial charge < -0.3 is 9.88 Å². The highest BCUT2D eigenvalue weighted by Crippen LogP contribution is 2.30. The fraction of sp³-hybridized carbons (Fsp3) is 0.364. The first-order valence-corrected chi connectivity index (χ1v) is 5.22. The molecule has 1 aromatic heterocycles. The van der Waals surface area contributed by atoms with Crippen molar-refractivity contribution in [1.82, 2.24) is 9.97 Å². The van der Waals surface area contributed by atoms with Crippen LogP contribution in [0.2, 0.25) is 0 Å². The smallest absolute Gasteiger partial charge is 0.267 e. The lowest BCUT2D eigenvalue weighted by molar-refractivity contribution is 0.0256. The van der Waals surface area contributed by atoms with Crippen LogP contribution in [0.5, 0.6) is 0 Å². The molecule has 0 radical (unpaired) electrons. The van der Waals surface area contributed by atoms with Gasteiger partial charge in [-0.25, -0.2) is 13.8 Å². The van der Waals surface area contributed by atoms with Gasteiger partial charge in [-0.1, -0.05) is 12.1 Å². The summed E-state index contributed by atoms with van der Waals surface area (Å²) >= 11 is 0. The first-order chi connectivity index (χ1) is 7.64. The number of rotatable bonds is 1. The number of halogens is 2. The van der Waals surface area contributed by atoms with Crippen molar-refractivity contribution in [1.29, 1.82) is 0 Å². The molecule has 1 aliphatic heterocycles. The molecule has 0 atom stereocenters. The van der Waals surface area contributed by atoms with Crippen LogP contribution < -0.4 is 4.90 Å². The van der Waals surface area contributed by atoms with Gasteiger partial charge in [0.05, 0.1) is 17.6 Å². The van der Waals surface area contributed by atoms with E-state index >= 15 is 0 Å². The van der Waals surface area contributed by atoms with Gasteiger partial charge in [0.2, 0.25) is 5.95 Å². The molecular formula is C11H11F2N3. The zero-order valence-corrected chi connectivity index (χ0v) is 8.58. The lowest BCUT2D eigenvalue weighted by atomic mass is 10.3. The Hall–Kier alpha value is -1.65. The van der Waals surface area contributed by atoms with Crippen LogP contribution in [0.15, 0.2) is 24.3 Å². The Labute approximate surface area is 91.1 Å². The van der Waals surface area contributed by atoms with E-state index in [4.69, 9.17) is 0 Å². The number of hydrogen-bond donors (Lipinski definition) is 1. The van der Waals surface area contributed by atoms with E-state index in [9.17, 15) is 8.78 Å². The SMILES string of the molecule is FC1(F)CCN(c2nc3ccccc3[nH]2)C1. The molecule has 0 spiro atoms. The van der Waals surface area contributed by atoms with Crippen molar-refractivity contribution < 1.29 is 8.78 Å². The van der Waals surface area contributed by atoms with Crippen molar-refractivity contribution in [3.05, 3.63) is 24.3 Å². The first-order valence-electron chi connectivity index (χ1n) is 5.22. The standard InChI is InChI=1S/C11H11F2N3/c12-11(13)5-6-16(7-11)10-14-8-3-1-2-4-9(8)15-10/h1-4H,5-7H2,(H,14,15). The number of aromatic nitrogens is 2. The number of aromatic amines is 1. The number of nitrogens with one attached hydrogen (secondary N) is 1. The van der Waals surface area contributed by atoms with E-state index in [-0.39, 0.29) is 13.0 Å². The van der Waals surface area contributed by atoms with E-state index in [0.717, 1.165) is 11.0 Å². The minimum absolute atomic E-state index is 0.0932. The molecule has 1 N–H and O–H groups in total. The van der Waals surface area contributed by atoms with Crippen molar-refractivity contribution >= 4 is 17.0 Å². The Morgan fingerprint density at radius 3 is 2.81 bits per heavy atom. The van der Waals surface area contributed by atoms with Gasteiger partial charge in [0.15, 0.2) is 0 Å². The summed E-state index contributed by atoms with van der Waals surface area (Å²) in [6.45, 7) is 0.111. The van der Waals surface area contributed by atoms with Crippen molar-refractivity contribution in [3.63, 3.8) is 0 Å². The minimum atomic E-state index is -2.58. The molecule has 1 aromatic carbocycles. The maximum absolute atomic E-state index is 13.1. The Morgan fingerprint density at radius 2 is 2.12 bits per heavy atom. The van der Waals surface area contributed by atoms with E-state index < -0.39 is 5.92 Å². The molecule has 0 unspecified atom stereocenters. The van der Waals surface area contributed by atoms with E-state index in [1.54, 1.807) is 4.90 Å². The molecule has 0 aliphatic carbocycles. The highest BCUT2D eigenvalue weighted by Gasteiger charge is 2.39. The Morgan fingerprint density at radius 1 is 1.31 bits per heavy atom. The average molecular weight is 223 g/mol. The molecule has 1 fully saturated rings. The number of H-pyrrole nitrogens is 1. The third-order valence-corrected chi connectivity index (χ3v) is 2.85. The van der Waals surface area contributed by atoms with Crippen LogP contribution in [0.25, 0.3) is 11.0 Å². The number of nitrogens with zero attached hydrogens (tertiary/aromatic N) is 2. The molecule has 0 bridgehead atoms. The van der Waals surface area contributed by atoms with Crippen LogP contribution in [0.4, 0.5) is 14.7 Å². The molecule has 84 valence electrons. The lowest BCUT2D eigenvalue weighted by Gasteiger charge is -2.13. The summed E-state index contributed by atoms with van der Waals surface area (Å²) < 4.78 is 26.1. The largest absolute Gasteiger partial charge is 0.336 e. The summed E-state index contributed by atoms with van der Waals surface area (Å²) in [5, 5.41) is 0. The molecule has 2 aromatic rings. The van der Waals surface area contributed by atoms with Gasteiger partial charge in [-0.3, -0.25) is 0 Å². The average Bonchev–Trinajstić information content (AvgIpc) is 2.80. The molecule has 16 heavy (non-hydrogen) atoms. The molecular weight excluding hydrogens is 212 g/mol. The number of imidazole rings is 1. The molecule has 3 rings (SSSR count). The number of fused-ring (bicyclic) bond motifs is 1. The Bertz CT molecular complexity index is 488. The number of alkyl halides is 2. The second-order valence-electron chi connectivity index (χ2n) is 4.11. The fourth-order valence-corrected chi connectivity index (χ4v) is 2.01. The summed E-state index contributed by atoms with van der Waals surface area (Å²) in [6, 6.07) is 7.53. The zero-order chi connectivity index (χ0) is 11.2. The monoisotopic (exact) mass is 223 g/mol. The highest BCUT2D eigenvalue weighted by atomic mass is 19.3. The summed E-state index contributed by atoms with van der Waals surface area (Å²) in [6.07, 6.45) is -0.0932. The number of anilines is 1. The molecule has 0 amide bonds. The van der Waals surface area contributed by atoms with E-state index in [1.165, 1.54) is 0 Å². The second-order valence-corrected chi connectivity index (χ2v) is 4.11. The van der Waals surface area contributed by atoms with Crippen molar-refractivity contribution in [2.24, 2.45) is 0 Å². The lowest BCUT2D eigenvalue weighted by Crippen LogP contribution is -2.25. The van der Waals surface area contributed by atoms with Crippen LogP contribution >= 0.6 is 0 Å². The van der Waals surface area contributed by atoms with Gasteiger partial charge in [0.25, 0.3) is 5.92 Å². The summed E-state index contributed by atoms with van der Waals surface area (Å²) in [4.78, 5) is 8.95. The second kappa shape index (κ2) is 3.17. The van der Waals surface area contributed by atoms with Gasteiger partial charge in [-0.2, -0.15) is 0 Å². The number of hydrogen-bond acceptors (Lipinski definition) is 2. The van der Waals surface area contributed by atoms with Gasteiger partial charge >= 0.3 is 0 Å². The first kappa shape index (κ1) is 9.57. The van der Waals surface area contributed by atoms with Crippen LogP contribution in [0.1, 0.15) is 6.42 Å². The molecule has 1 aliphatic rings. The Kier molecular flexibility index (Phi) is 1.89. The topological polar surface area (TPSA) is 31.9 Å². The summed E-state index contributed by atoms with van der Waals surface area (Å²) in [5.74, 6) is -2.04. The summed E-state index contributed by atoms with van der Waals surface area (Å²) in [7, 11) is 0. The fourth-order valence-electron chi connectivity index (χ4n) is 2.01. The third-order valence-electron chi connectivity index (χ3n) is 2.85. The van der Waals surface area contributed by atoms with Crippen LogP contribution in [0, 0.1) is 0 Å². The van der Waals surface area contributed by atoms with Crippen molar-refractivity contribution in [2.45, 2.75) is 12.3 Å². The van der Waals surface area contributed by atoms with E-state index in [0.29, 0.717) is 12.5 Å². The van der Waals surface area contributed by atoms with Crippen LogP contribution in [-0.4, -0.2) is 29.0 Å². The maximum atomic E-state index is 13.1. The van der Waals surface area contributed by atoms with E-state index in [1.807, 2.05) is 24.3 Å². The maximum Gasteiger partial charge on any atom is 0.267 e. The predicted molar refractivity (Wildman–Crippen MR) is 57.9 cm³/mol. The van der Waals surface area contributed by atoms with Gasteiger partial charge in [0, 0.05) is 13.0 Å². The number of benzene rings is 1. The predicted octanol–water partition coefficient (Wildman–Crippen LogP) is 2.41. The number of para-hydroxylation sites is 2. The van der Waals surface area contributed by atoms with Gasteiger partial charge in [-0.15, -0.1) is 0 Å². The third kappa shape index (κ3) is 1.52. The van der Waals surface area contributed by atoms with Crippen molar-refractivity contribution in [3.8, 4) is 0 Å². The minimum Gasteiger partial charge on any atom is -0.336 e. The molecule has 3 nitrogen and oxygen atoms in total.